The van der Waals surface area contributed by atoms with Crippen molar-refractivity contribution < 1.29 is 5.11 Å². The minimum absolute atomic E-state index is 0.148. The highest BCUT2D eigenvalue weighted by Gasteiger charge is 2.02. The molecule has 0 fully saturated rings. The van der Waals surface area contributed by atoms with Crippen LogP contribution in [0.1, 0.15) is 26.3 Å². The van der Waals surface area contributed by atoms with Crippen LogP contribution in [0.5, 0.6) is 0 Å². The fraction of sp³-hybridized carbons (Fsp3) is 0.500. The molecule has 0 spiro atoms. The highest BCUT2D eigenvalue weighted by molar-refractivity contribution is 5.52. The van der Waals surface area contributed by atoms with Gasteiger partial charge in [-0.3, -0.25) is 0 Å². The van der Waals surface area contributed by atoms with E-state index in [1.54, 1.807) is 0 Å². The first kappa shape index (κ1) is 11.1. The summed E-state index contributed by atoms with van der Waals surface area (Å²) < 4.78 is 2.13. The van der Waals surface area contributed by atoms with Crippen LogP contribution >= 0.6 is 0 Å². The molecular formula is C12H19NO. The second kappa shape index (κ2) is 5.01. The molecule has 0 unspecified atom stereocenters. The van der Waals surface area contributed by atoms with Crippen molar-refractivity contribution >= 4 is 6.08 Å². The van der Waals surface area contributed by atoms with E-state index in [1.165, 1.54) is 5.56 Å². The summed E-state index contributed by atoms with van der Waals surface area (Å²) >= 11 is 0. The topological polar surface area (TPSA) is 25.2 Å². The molecule has 2 heteroatoms. The van der Waals surface area contributed by atoms with Gasteiger partial charge in [-0.2, -0.15) is 0 Å². The van der Waals surface area contributed by atoms with E-state index in [4.69, 9.17) is 5.11 Å². The predicted octanol–water partition coefficient (Wildman–Crippen LogP) is 2.54. The second-order valence-corrected chi connectivity index (χ2v) is 3.81. The summed E-state index contributed by atoms with van der Waals surface area (Å²) in [6, 6.07) is 2.07. The van der Waals surface area contributed by atoms with E-state index in [2.05, 4.69) is 49.9 Å². The average molecular weight is 193 g/mol. The van der Waals surface area contributed by atoms with Crippen LogP contribution in [0.25, 0.3) is 6.08 Å². The SMILES string of the molecule is CCn1ccc(C=C(CO)C(C)C)c1. The van der Waals surface area contributed by atoms with Crippen LogP contribution in [-0.2, 0) is 6.54 Å². The first-order valence-electron chi connectivity index (χ1n) is 5.14. The average Bonchev–Trinajstić information content (AvgIpc) is 2.61. The van der Waals surface area contributed by atoms with Crippen molar-refractivity contribution in [3.05, 3.63) is 29.6 Å². The van der Waals surface area contributed by atoms with E-state index in [-0.39, 0.29) is 6.61 Å². The Kier molecular flexibility index (Phi) is 3.96. The van der Waals surface area contributed by atoms with Gasteiger partial charge in [-0.1, -0.05) is 19.9 Å². The van der Waals surface area contributed by atoms with Gasteiger partial charge >= 0.3 is 0 Å². The van der Waals surface area contributed by atoms with Crippen LogP contribution in [0.4, 0.5) is 0 Å². The third-order valence-electron chi connectivity index (χ3n) is 2.41. The van der Waals surface area contributed by atoms with Crippen molar-refractivity contribution in [1.29, 1.82) is 0 Å². The van der Waals surface area contributed by atoms with Gasteiger partial charge in [0.15, 0.2) is 0 Å². The Hall–Kier alpha value is -1.02. The maximum absolute atomic E-state index is 9.15. The van der Waals surface area contributed by atoms with Gasteiger partial charge in [0, 0.05) is 18.9 Å². The molecule has 0 saturated heterocycles. The third-order valence-corrected chi connectivity index (χ3v) is 2.41. The standard InChI is InChI=1S/C12H19NO/c1-4-13-6-5-11(8-13)7-12(9-14)10(2)3/h5-8,10,14H,4,9H2,1-3H3. The molecule has 0 aromatic carbocycles. The zero-order chi connectivity index (χ0) is 10.6. The maximum Gasteiger partial charge on any atom is 0.0647 e. The molecule has 0 saturated carbocycles. The molecule has 0 atom stereocenters. The summed E-state index contributed by atoms with van der Waals surface area (Å²) in [5, 5.41) is 9.15. The van der Waals surface area contributed by atoms with Gasteiger partial charge in [0.2, 0.25) is 0 Å². The molecule has 1 rings (SSSR count). The highest BCUT2D eigenvalue weighted by atomic mass is 16.3. The minimum Gasteiger partial charge on any atom is -0.392 e. The van der Waals surface area contributed by atoms with Gasteiger partial charge in [-0.15, -0.1) is 0 Å². The van der Waals surface area contributed by atoms with Crippen molar-refractivity contribution in [3.63, 3.8) is 0 Å². The Morgan fingerprint density at radius 1 is 1.57 bits per heavy atom. The molecule has 2 nitrogen and oxygen atoms in total. The fourth-order valence-corrected chi connectivity index (χ4v) is 1.35. The number of aryl methyl sites for hydroxylation is 1. The number of rotatable bonds is 4. The molecule has 1 heterocycles. The van der Waals surface area contributed by atoms with Crippen LogP contribution in [0.2, 0.25) is 0 Å². The molecule has 1 N–H and O–H groups in total. The van der Waals surface area contributed by atoms with Crippen molar-refractivity contribution in [2.24, 2.45) is 5.92 Å². The summed E-state index contributed by atoms with van der Waals surface area (Å²) in [7, 11) is 0. The van der Waals surface area contributed by atoms with Crippen molar-refractivity contribution in [2.45, 2.75) is 27.3 Å². The Morgan fingerprint density at radius 2 is 2.29 bits per heavy atom. The molecule has 1 aromatic rings. The third kappa shape index (κ3) is 2.74. The van der Waals surface area contributed by atoms with E-state index in [0.717, 1.165) is 12.1 Å². The van der Waals surface area contributed by atoms with E-state index in [0.29, 0.717) is 5.92 Å². The summed E-state index contributed by atoms with van der Waals surface area (Å²) in [5.74, 6) is 0.407. The van der Waals surface area contributed by atoms with Gasteiger partial charge < -0.3 is 9.67 Å². The molecule has 0 radical (unpaired) electrons. The van der Waals surface area contributed by atoms with E-state index >= 15 is 0 Å². The summed E-state index contributed by atoms with van der Waals surface area (Å²) in [5.41, 5.74) is 2.25. The van der Waals surface area contributed by atoms with E-state index < -0.39 is 0 Å². The zero-order valence-corrected chi connectivity index (χ0v) is 9.20. The van der Waals surface area contributed by atoms with Gasteiger partial charge in [0.1, 0.15) is 0 Å². The minimum atomic E-state index is 0.148. The predicted molar refractivity (Wildman–Crippen MR) is 60.0 cm³/mol. The first-order chi connectivity index (χ1) is 6.67. The smallest absolute Gasteiger partial charge is 0.0647 e. The Morgan fingerprint density at radius 3 is 2.71 bits per heavy atom. The van der Waals surface area contributed by atoms with Gasteiger partial charge in [0.25, 0.3) is 0 Å². The number of nitrogens with zero attached hydrogens (tertiary/aromatic N) is 1. The van der Waals surface area contributed by atoms with Crippen molar-refractivity contribution in [1.82, 2.24) is 4.57 Å². The molecule has 0 aliphatic carbocycles. The molecule has 0 amide bonds. The lowest BCUT2D eigenvalue weighted by Crippen LogP contribution is -1.98. The first-order valence-corrected chi connectivity index (χ1v) is 5.14. The Balaban J connectivity index is 2.83. The molecule has 14 heavy (non-hydrogen) atoms. The van der Waals surface area contributed by atoms with Crippen LogP contribution in [0, 0.1) is 5.92 Å². The molecule has 0 aliphatic rings. The van der Waals surface area contributed by atoms with E-state index in [1.807, 2.05) is 0 Å². The molecule has 78 valence electrons. The van der Waals surface area contributed by atoms with Crippen LogP contribution < -0.4 is 0 Å². The largest absolute Gasteiger partial charge is 0.392 e. The number of hydrogen-bond donors (Lipinski definition) is 1. The lowest BCUT2D eigenvalue weighted by atomic mass is 10.0. The van der Waals surface area contributed by atoms with Crippen LogP contribution in [-0.4, -0.2) is 16.3 Å². The van der Waals surface area contributed by atoms with E-state index in [9.17, 15) is 0 Å². The lowest BCUT2D eigenvalue weighted by Gasteiger charge is -2.06. The number of aliphatic hydroxyl groups excluding tert-OH is 1. The van der Waals surface area contributed by atoms with Crippen molar-refractivity contribution in [3.8, 4) is 0 Å². The van der Waals surface area contributed by atoms with Crippen LogP contribution in [0.3, 0.4) is 0 Å². The Labute approximate surface area is 85.9 Å². The quantitative estimate of drug-likeness (QED) is 0.781. The van der Waals surface area contributed by atoms with Crippen molar-refractivity contribution in [2.75, 3.05) is 6.61 Å². The number of aromatic nitrogens is 1. The summed E-state index contributed by atoms with van der Waals surface area (Å²) in [6.07, 6.45) is 6.22. The van der Waals surface area contributed by atoms with Gasteiger partial charge in [-0.25, -0.2) is 0 Å². The fourth-order valence-electron chi connectivity index (χ4n) is 1.35. The summed E-state index contributed by atoms with van der Waals surface area (Å²) in [6.45, 7) is 7.44. The number of aliphatic hydroxyl groups is 1. The molecule has 1 aromatic heterocycles. The highest BCUT2D eigenvalue weighted by Crippen LogP contribution is 2.14. The van der Waals surface area contributed by atoms with Crippen LogP contribution in [0.15, 0.2) is 24.0 Å². The molecular weight excluding hydrogens is 174 g/mol. The Bertz CT molecular complexity index is 310. The monoisotopic (exact) mass is 193 g/mol. The lowest BCUT2D eigenvalue weighted by molar-refractivity contribution is 0.320. The summed E-state index contributed by atoms with van der Waals surface area (Å²) in [4.78, 5) is 0. The normalized spacial score (nSPS) is 12.5. The molecule has 0 aliphatic heterocycles. The van der Waals surface area contributed by atoms with Gasteiger partial charge in [0.05, 0.1) is 6.61 Å². The zero-order valence-electron chi connectivity index (χ0n) is 9.20. The van der Waals surface area contributed by atoms with Gasteiger partial charge in [-0.05, 0) is 30.0 Å². The molecule has 0 bridgehead atoms. The maximum atomic E-state index is 9.15. The second-order valence-electron chi connectivity index (χ2n) is 3.81. The number of hydrogen-bond acceptors (Lipinski definition) is 1.